The lowest BCUT2D eigenvalue weighted by Gasteiger charge is -2.10. The standard InChI is InChI=1S/C18H15F3N4O/c1-22-10-16-17(24-25-23-16)13-5-3-7-15(9-13)26-11-12-4-2-6-14(8-12)18(19,20)21/h2-10H,11H2,1H3,(H,23,24,25). The molecule has 0 saturated carbocycles. The third kappa shape index (κ3) is 4.08. The maximum atomic E-state index is 12.8. The van der Waals surface area contributed by atoms with Crippen molar-refractivity contribution in [1.29, 1.82) is 0 Å². The van der Waals surface area contributed by atoms with Crippen molar-refractivity contribution >= 4 is 6.21 Å². The molecule has 1 heterocycles. The van der Waals surface area contributed by atoms with Crippen LogP contribution in [0.2, 0.25) is 0 Å². The van der Waals surface area contributed by atoms with Crippen LogP contribution in [0.1, 0.15) is 16.8 Å². The van der Waals surface area contributed by atoms with Gasteiger partial charge in [0.15, 0.2) is 0 Å². The predicted octanol–water partition coefficient (Wildman–Crippen LogP) is 4.12. The Bertz CT molecular complexity index is 919. The van der Waals surface area contributed by atoms with Crippen molar-refractivity contribution < 1.29 is 17.9 Å². The van der Waals surface area contributed by atoms with Gasteiger partial charge < -0.3 is 4.74 Å². The van der Waals surface area contributed by atoms with Crippen molar-refractivity contribution in [2.45, 2.75) is 12.8 Å². The lowest BCUT2D eigenvalue weighted by atomic mass is 10.1. The van der Waals surface area contributed by atoms with Gasteiger partial charge in [-0.05, 0) is 29.8 Å². The Labute approximate surface area is 147 Å². The minimum atomic E-state index is -4.37. The van der Waals surface area contributed by atoms with E-state index >= 15 is 0 Å². The van der Waals surface area contributed by atoms with Crippen molar-refractivity contribution in [3.63, 3.8) is 0 Å². The van der Waals surface area contributed by atoms with Crippen LogP contribution in [-0.2, 0) is 12.8 Å². The van der Waals surface area contributed by atoms with Crippen LogP contribution in [0.3, 0.4) is 0 Å². The molecule has 0 saturated heterocycles. The Hall–Kier alpha value is -3.16. The highest BCUT2D eigenvalue weighted by atomic mass is 19.4. The van der Waals surface area contributed by atoms with Crippen LogP contribution < -0.4 is 4.74 Å². The van der Waals surface area contributed by atoms with E-state index in [1.54, 1.807) is 37.5 Å². The Kier molecular flexibility index (Phi) is 5.01. The van der Waals surface area contributed by atoms with Crippen molar-refractivity contribution in [2.75, 3.05) is 7.05 Å². The van der Waals surface area contributed by atoms with E-state index in [0.717, 1.165) is 17.7 Å². The molecule has 26 heavy (non-hydrogen) atoms. The van der Waals surface area contributed by atoms with Crippen molar-refractivity contribution in [3.05, 3.63) is 65.4 Å². The number of rotatable bonds is 5. The summed E-state index contributed by atoms with van der Waals surface area (Å²) in [6, 6.07) is 12.2. The van der Waals surface area contributed by atoms with E-state index in [2.05, 4.69) is 20.4 Å². The van der Waals surface area contributed by atoms with Crippen LogP contribution in [0.4, 0.5) is 13.2 Å². The summed E-state index contributed by atoms with van der Waals surface area (Å²) in [7, 11) is 1.63. The third-order valence-electron chi connectivity index (χ3n) is 3.59. The second kappa shape index (κ2) is 7.38. The van der Waals surface area contributed by atoms with E-state index in [0.29, 0.717) is 22.7 Å². The highest BCUT2D eigenvalue weighted by molar-refractivity contribution is 5.86. The summed E-state index contributed by atoms with van der Waals surface area (Å²) in [5, 5.41) is 10.6. The predicted molar refractivity (Wildman–Crippen MR) is 91.1 cm³/mol. The van der Waals surface area contributed by atoms with Crippen LogP contribution in [0, 0.1) is 0 Å². The second-order valence-corrected chi connectivity index (χ2v) is 5.46. The molecule has 0 unspecified atom stereocenters. The summed E-state index contributed by atoms with van der Waals surface area (Å²) in [6.45, 7) is 0.0233. The van der Waals surface area contributed by atoms with Gasteiger partial charge in [-0.15, -0.1) is 0 Å². The first-order valence-corrected chi connectivity index (χ1v) is 7.69. The maximum absolute atomic E-state index is 12.8. The molecule has 0 amide bonds. The van der Waals surface area contributed by atoms with Gasteiger partial charge in [0.05, 0.1) is 11.8 Å². The third-order valence-corrected chi connectivity index (χ3v) is 3.59. The molecule has 0 aliphatic rings. The van der Waals surface area contributed by atoms with Crippen LogP contribution in [0.5, 0.6) is 5.75 Å². The fourth-order valence-electron chi connectivity index (χ4n) is 2.40. The molecule has 0 radical (unpaired) electrons. The number of hydrogen-bond donors (Lipinski definition) is 1. The molecule has 2 aromatic carbocycles. The fraction of sp³-hybridized carbons (Fsp3) is 0.167. The van der Waals surface area contributed by atoms with E-state index in [1.807, 2.05) is 6.07 Å². The zero-order valence-corrected chi connectivity index (χ0v) is 13.8. The van der Waals surface area contributed by atoms with E-state index in [1.165, 1.54) is 6.07 Å². The lowest BCUT2D eigenvalue weighted by molar-refractivity contribution is -0.137. The van der Waals surface area contributed by atoms with Gasteiger partial charge in [-0.1, -0.05) is 24.3 Å². The molecule has 3 rings (SSSR count). The van der Waals surface area contributed by atoms with Crippen LogP contribution >= 0.6 is 0 Å². The Morgan fingerprint density at radius 1 is 1.12 bits per heavy atom. The average Bonchev–Trinajstić information content (AvgIpc) is 3.08. The number of nitrogens with zero attached hydrogens (tertiary/aromatic N) is 3. The summed E-state index contributed by atoms with van der Waals surface area (Å²) in [6.07, 6.45) is -2.80. The van der Waals surface area contributed by atoms with Crippen LogP contribution in [0.25, 0.3) is 11.3 Å². The van der Waals surface area contributed by atoms with Gasteiger partial charge in [0, 0.05) is 12.6 Å². The normalized spacial score (nSPS) is 11.8. The molecule has 0 fully saturated rings. The van der Waals surface area contributed by atoms with E-state index in [9.17, 15) is 13.2 Å². The number of aliphatic imine (C=N–C) groups is 1. The zero-order chi connectivity index (χ0) is 18.6. The quantitative estimate of drug-likeness (QED) is 0.696. The Morgan fingerprint density at radius 3 is 2.69 bits per heavy atom. The lowest BCUT2D eigenvalue weighted by Crippen LogP contribution is -2.06. The maximum Gasteiger partial charge on any atom is 0.416 e. The van der Waals surface area contributed by atoms with Gasteiger partial charge in [-0.3, -0.25) is 4.99 Å². The molecule has 0 bridgehead atoms. The molecule has 8 heteroatoms. The average molecular weight is 360 g/mol. The summed E-state index contributed by atoms with van der Waals surface area (Å²) in [5.74, 6) is 0.516. The SMILES string of the molecule is CN=Cc1n[nH]nc1-c1cccc(OCc2cccc(C(F)(F)F)c2)c1. The van der Waals surface area contributed by atoms with Crippen LogP contribution in [-0.4, -0.2) is 28.7 Å². The topological polar surface area (TPSA) is 63.2 Å². The summed E-state index contributed by atoms with van der Waals surface area (Å²) in [4.78, 5) is 3.92. The fourth-order valence-corrected chi connectivity index (χ4v) is 2.40. The van der Waals surface area contributed by atoms with Gasteiger partial charge >= 0.3 is 6.18 Å². The molecule has 5 nitrogen and oxygen atoms in total. The van der Waals surface area contributed by atoms with Crippen LogP contribution in [0.15, 0.2) is 53.5 Å². The molecule has 0 atom stereocenters. The van der Waals surface area contributed by atoms with Crippen molar-refractivity contribution in [2.24, 2.45) is 4.99 Å². The number of aromatic amines is 1. The van der Waals surface area contributed by atoms with E-state index in [-0.39, 0.29) is 6.61 Å². The summed E-state index contributed by atoms with van der Waals surface area (Å²) >= 11 is 0. The number of alkyl halides is 3. The van der Waals surface area contributed by atoms with E-state index in [4.69, 9.17) is 4.74 Å². The first-order valence-electron chi connectivity index (χ1n) is 7.69. The van der Waals surface area contributed by atoms with Crippen molar-refractivity contribution in [1.82, 2.24) is 15.4 Å². The molecule has 134 valence electrons. The first-order chi connectivity index (χ1) is 12.5. The molecule has 0 aliphatic heterocycles. The molecule has 0 spiro atoms. The number of halogens is 3. The molecule has 1 aromatic heterocycles. The van der Waals surface area contributed by atoms with Gasteiger partial charge in [0.25, 0.3) is 0 Å². The largest absolute Gasteiger partial charge is 0.489 e. The molecule has 0 aliphatic carbocycles. The number of benzene rings is 2. The molecule has 1 N–H and O–H groups in total. The minimum Gasteiger partial charge on any atom is -0.489 e. The second-order valence-electron chi connectivity index (χ2n) is 5.46. The number of nitrogens with one attached hydrogen (secondary N) is 1. The number of ether oxygens (including phenoxy) is 1. The van der Waals surface area contributed by atoms with Gasteiger partial charge in [0.1, 0.15) is 23.7 Å². The minimum absolute atomic E-state index is 0.0233. The van der Waals surface area contributed by atoms with Gasteiger partial charge in [-0.2, -0.15) is 28.6 Å². The summed E-state index contributed by atoms with van der Waals surface area (Å²) in [5.41, 5.74) is 1.70. The van der Waals surface area contributed by atoms with E-state index < -0.39 is 11.7 Å². The van der Waals surface area contributed by atoms with Crippen molar-refractivity contribution in [3.8, 4) is 17.0 Å². The molecular weight excluding hydrogens is 345 g/mol. The monoisotopic (exact) mass is 360 g/mol. The summed E-state index contributed by atoms with van der Waals surface area (Å²) < 4.78 is 44.0. The number of aromatic nitrogens is 3. The highest BCUT2D eigenvalue weighted by Crippen LogP contribution is 2.30. The smallest absolute Gasteiger partial charge is 0.416 e. The van der Waals surface area contributed by atoms with Gasteiger partial charge in [-0.25, -0.2) is 0 Å². The first kappa shape index (κ1) is 17.7. The Balaban J connectivity index is 1.77. The number of hydrogen-bond acceptors (Lipinski definition) is 4. The zero-order valence-electron chi connectivity index (χ0n) is 13.8. The van der Waals surface area contributed by atoms with Gasteiger partial charge in [0.2, 0.25) is 0 Å². The molecule has 3 aromatic rings. The molecular formula is C18H15F3N4O. The Morgan fingerprint density at radius 2 is 1.92 bits per heavy atom. The number of H-pyrrole nitrogens is 1. The highest BCUT2D eigenvalue weighted by Gasteiger charge is 2.30.